The number of aldehydes is 1. The van der Waals surface area contributed by atoms with E-state index in [-0.39, 0.29) is 12.3 Å². The Morgan fingerprint density at radius 2 is 2.19 bits per heavy atom. The van der Waals surface area contributed by atoms with Gasteiger partial charge in [-0.1, -0.05) is 0 Å². The molecule has 0 radical (unpaired) electrons. The Morgan fingerprint density at radius 1 is 1.43 bits per heavy atom. The SMILES string of the molecule is CNC(=O)NC(C=O)CCC(=O)N1Cc2ccncc2C1. The number of hydrogen-bond acceptors (Lipinski definition) is 4. The second-order valence-electron chi connectivity index (χ2n) is 4.90. The van der Waals surface area contributed by atoms with Gasteiger partial charge in [0.15, 0.2) is 0 Å². The van der Waals surface area contributed by atoms with Crippen LogP contribution in [-0.2, 0) is 22.7 Å². The van der Waals surface area contributed by atoms with Gasteiger partial charge in [0.25, 0.3) is 0 Å². The van der Waals surface area contributed by atoms with Gasteiger partial charge in [-0.3, -0.25) is 9.78 Å². The maximum atomic E-state index is 12.2. The van der Waals surface area contributed by atoms with E-state index >= 15 is 0 Å². The largest absolute Gasteiger partial charge is 0.341 e. The van der Waals surface area contributed by atoms with Gasteiger partial charge in [0.1, 0.15) is 6.29 Å². The first-order valence-corrected chi connectivity index (χ1v) is 6.77. The molecular weight excluding hydrogens is 272 g/mol. The second kappa shape index (κ2) is 6.83. The molecule has 0 bridgehead atoms. The molecule has 1 aliphatic heterocycles. The summed E-state index contributed by atoms with van der Waals surface area (Å²) in [6.45, 7) is 1.13. The van der Waals surface area contributed by atoms with Gasteiger partial charge < -0.3 is 20.3 Å². The van der Waals surface area contributed by atoms with Crippen molar-refractivity contribution in [3.63, 3.8) is 0 Å². The van der Waals surface area contributed by atoms with Crippen molar-refractivity contribution in [2.45, 2.75) is 32.0 Å². The van der Waals surface area contributed by atoms with Gasteiger partial charge in [0, 0.05) is 39.0 Å². The van der Waals surface area contributed by atoms with Gasteiger partial charge >= 0.3 is 6.03 Å². The molecule has 2 heterocycles. The van der Waals surface area contributed by atoms with E-state index in [1.165, 1.54) is 7.05 Å². The van der Waals surface area contributed by atoms with Crippen LogP contribution in [0, 0.1) is 0 Å². The Hall–Kier alpha value is -2.44. The fourth-order valence-corrected chi connectivity index (χ4v) is 2.25. The number of nitrogens with zero attached hydrogens (tertiary/aromatic N) is 2. The number of urea groups is 1. The van der Waals surface area contributed by atoms with E-state index in [2.05, 4.69) is 15.6 Å². The molecule has 1 aromatic rings. The summed E-state index contributed by atoms with van der Waals surface area (Å²) in [5, 5.41) is 4.85. The summed E-state index contributed by atoms with van der Waals surface area (Å²) in [7, 11) is 1.47. The van der Waals surface area contributed by atoms with Gasteiger partial charge in [0.2, 0.25) is 5.91 Å². The Bertz CT molecular complexity index is 522. The van der Waals surface area contributed by atoms with E-state index < -0.39 is 12.1 Å². The lowest BCUT2D eigenvalue weighted by atomic mass is 10.1. The zero-order valence-corrected chi connectivity index (χ0v) is 11.8. The van der Waals surface area contributed by atoms with Crippen molar-refractivity contribution < 1.29 is 14.4 Å². The first-order chi connectivity index (χ1) is 10.1. The number of amides is 3. The fourth-order valence-electron chi connectivity index (χ4n) is 2.25. The van der Waals surface area contributed by atoms with Crippen molar-refractivity contribution in [2.24, 2.45) is 0 Å². The van der Waals surface area contributed by atoms with Crippen LogP contribution in [0.25, 0.3) is 0 Å². The maximum absolute atomic E-state index is 12.2. The van der Waals surface area contributed by atoms with Gasteiger partial charge in [-0.15, -0.1) is 0 Å². The Kier molecular flexibility index (Phi) is 4.86. The highest BCUT2D eigenvalue weighted by molar-refractivity contribution is 5.79. The fraction of sp³-hybridized carbons (Fsp3) is 0.429. The predicted octanol–water partition coefficient (Wildman–Crippen LogP) is 0.201. The molecule has 0 saturated heterocycles. The van der Waals surface area contributed by atoms with Crippen LogP contribution in [0.15, 0.2) is 18.5 Å². The molecule has 1 unspecified atom stereocenters. The number of hydrogen-bond donors (Lipinski definition) is 2. The van der Waals surface area contributed by atoms with Gasteiger partial charge in [-0.2, -0.15) is 0 Å². The standard InChI is InChI=1S/C14H18N4O3/c1-15-14(21)17-12(9-19)2-3-13(20)18-7-10-4-5-16-6-11(10)8-18/h4-6,9,12H,2-3,7-8H2,1H3,(H2,15,17,21). The molecule has 3 amide bonds. The lowest BCUT2D eigenvalue weighted by Gasteiger charge is -2.17. The molecule has 0 fully saturated rings. The monoisotopic (exact) mass is 290 g/mol. The zero-order valence-electron chi connectivity index (χ0n) is 11.8. The third kappa shape index (κ3) is 3.77. The number of aromatic nitrogens is 1. The van der Waals surface area contributed by atoms with Crippen LogP contribution >= 0.6 is 0 Å². The van der Waals surface area contributed by atoms with Gasteiger partial charge in [-0.05, 0) is 23.6 Å². The Balaban J connectivity index is 1.83. The van der Waals surface area contributed by atoms with Crippen molar-refractivity contribution in [1.82, 2.24) is 20.5 Å². The van der Waals surface area contributed by atoms with Gasteiger partial charge in [0.05, 0.1) is 6.04 Å². The number of rotatable bonds is 5. The highest BCUT2D eigenvalue weighted by Crippen LogP contribution is 2.22. The number of carbonyl (C=O) groups is 3. The average molecular weight is 290 g/mol. The molecule has 1 atom stereocenters. The molecule has 7 heteroatoms. The molecular formula is C14H18N4O3. The zero-order chi connectivity index (χ0) is 15.2. The average Bonchev–Trinajstić information content (AvgIpc) is 2.94. The van der Waals surface area contributed by atoms with E-state index in [4.69, 9.17) is 0 Å². The van der Waals surface area contributed by atoms with Crippen LogP contribution in [0.4, 0.5) is 4.79 Å². The van der Waals surface area contributed by atoms with Gasteiger partial charge in [-0.25, -0.2) is 4.79 Å². The molecule has 112 valence electrons. The van der Waals surface area contributed by atoms with E-state index in [0.717, 1.165) is 11.1 Å². The third-order valence-electron chi connectivity index (χ3n) is 3.46. The van der Waals surface area contributed by atoms with Crippen molar-refractivity contribution in [1.29, 1.82) is 0 Å². The van der Waals surface area contributed by atoms with Crippen molar-refractivity contribution in [3.8, 4) is 0 Å². The van der Waals surface area contributed by atoms with Crippen LogP contribution in [0.2, 0.25) is 0 Å². The van der Waals surface area contributed by atoms with Crippen molar-refractivity contribution >= 4 is 18.2 Å². The highest BCUT2D eigenvalue weighted by atomic mass is 16.2. The number of carbonyl (C=O) groups excluding carboxylic acids is 3. The second-order valence-corrected chi connectivity index (χ2v) is 4.90. The summed E-state index contributed by atoms with van der Waals surface area (Å²) in [6.07, 6.45) is 4.63. The first kappa shape index (κ1) is 15.0. The summed E-state index contributed by atoms with van der Waals surface area (Å²) in [5.74, 6) is -0.0308. The number of pyridine rings is 1. The summed E-state index contributed by atoms with van der Waals surface area (Å²) < 4.78 is 0. The Labute approximate surface area is 122 Å². The van der Waals surface area contributed by atoms with Crippen LogP contribution < -0.4 is 10.6 Å². The lowest BCUT2D eigenvalue weighted by molar-refractivity contribution is -0.132. The van der Waals surface area contributed by atoms with Crippen LogP contribution in [0.3, 0.4) is 0 Å². The van der Waals surface area contributed by atoms with E-state index in [9.17, 15) is 14.4 Å². The summed E-state index contributed by atoms with van der Waals surface area (Å²) in [6, 6.07) is 0.823. The Morgan fingerprint density at radius 3 is 2.86 bits per heavy atom. The first-order valence-electron chi connectivity index (χ1n) is 6.77. The summed E-state index contributed by atoms with van der Waals surface area (Å²) >= 11 is 0. The topological polar surface area (TPSA) is 91.4 Å². The van der Waals surface area contributed by atoms with Crippen molar-refractivity contribution in [3.05, 3.63) is 29.6 Å². The molecule has 2 rings (SSSR count). The molecule has 7 nitrogen and oxygen atoms in total. The lowest BCUT2D eigenvalue weighted by Crippen LogP contribution is -2.42. The minimum atomic E-state index is -0.652. The number of nitrogens with one attached hydrogen (secondary N) is 2. The normalized spacial score (nSPS) is 14.2. The molecule has 1 aromatic heterocycles. The summed E-state index contributed by atoms with van der Waals surface area (Å²) in [4.78, 5) is 40.0. The minimum Gasteiger partial charge on any atom is -0.341 e. The molecule has 0 spiro atoms. The van der Waals surface area contributed by atoms with E-state index in [0.29, 0.717) is 25.8 Å². The molecule has 0 aliphatic carbocycles. The van der Waals surface area contributed by atoms with Crippen molar-refractivity contribution in [2.75, 3.05) is 7.05 Å². The third-order valence-corrected chi connectivity index (χ3v) is 3.46. The minimum absolute atomic E-state index is 0.0308. The highest BCUT2D eigenvalue weighted by Gasteiger charge is 2.23. The number of fused-ring (bicyclic) bond motifs is 1. The predicted molar refractivity (Wildman–Crippen MR) is 75.2 cm³/mol. The van der Waals surface area contributed by atoms with E-state index in [1.54, 1.807) is 17.3 Å². The van der Waals surface area contributed by atoms with Crippen LogP contribution in [0.1, 0.15) is 24.0 Å². The molecule has 0 saturated carbocycles. The molecule has 0 aromatic carbocycles. The maximum Gasteiger partial charge on any atom is 0.315 e. The smallest absolute Gasteiger partial charge is 0.315 e. The molecule has 21 heavy (non-hydrogen) atoms. The summed E-state index contributed by atoms with van der Waals surface area (Å²) in [5.41, 5.74) is 2.16. The molecule has 2 N–H and O–H groups in total. The van der Waals surface area contributed by atoms with E-state index in [1.807, 2.05) is 6.07 Å². The van der Waals surface area contributed by atoms with Crippen LogP contribution in [0.5, 0.6) is 0 Å². The quantitative estimate of drug-likeness (QED) is 0.758. The van der Waals surface area contributed by atoms with Crippen LogP contribution in [-0.4, -0.2) is 41.2 Å². The molecule has 1 aliphatic rings.